The maximum Gasteiger partial charge on any atom is 0.121 e. The van der Waals surface area contributed by atoms with Crippen molar-refractivity contribution in [3.05, 3.63) is 36.3 Å². The van der Waals surface area contributed by atoms with Crippen molar-refractivity contribution in [2.45, 2.75) is 25.3 Å². The number of allylic oxidation sites excluding steroid dienone is 1. The van der Waals surface area contributed by atoms with E-state index >= 15 is 0 Å². The first kappa shape index (κ1) is 8.57. The Bertz CT molecular complexity index is 276. The van der Waals surface area contributed by atoms with Gasteiger partial charge in [0, 0.05) is 0 Å². The predicted octanol–water partition coefficient (Wildman–Crippen LogP) is 2.64. The third kappa shape index (κ3) is 1.83. The number of rotatable bonds is 2. The smallest absolute Gasteiger partial charge is 0.121 e. The highest BCUT2D eigenvalue weighted by atomic mass is 16.3. The molecule has 0 aromatic carbocycles. The summed E-state index contributed by atoms with van der Waals surface area (Å²) in [6.45, 7) is 0. The van der Waals surface area contributed by atoms with Crippen LogP contribution in [0.4, 0.5) is 0 Å². The molecule has 0 amide bonds. The molecule has 1 aromatic heterocycles. The SMILES string of the molecule is NC(c1ccco1)[C@H]1C=CCCC1. The van der Waals surface area contributed by atoms with Crippen LogP contribution in [0.1, 0.15) is 31.1 Å². The summed E-state index contributed by atoms with van der Waals surface area (Å²) in [5.41, 5.74) is 6.07. The molecule has 0 saturated heterocycles. The van der Waals surface area contributed by atoms with Gasteiger partial charge in [0.2, 0.25) is 0 Å². The van der Waals surface area contributed by atoms with E-state index in [0.717, 1.165) is 5.76 Å². The highest BCUT2D eigenvalue weighted by Crippen LogP contribution is 2.28. The van der Waals surface area contributed by atoms with E-state index in [1.807, 2.05) is 12.1 Å². The first-order valence-corrected chi connectivity index (χ1v) is 4.83. The van der Waals surface area contributed by atoms with Gasteiger partial charge in [-0.05, 0) is 37.3 Å². The molecule has 0 aliphatic heterocycles. The molecule has 2 nitrogen and oxygen atoms in total. The average molecular weight is 177 g/mol. The fourth-order valence-corrected chi connectivity index (χ4v) is 1.83. The highest BCUT2D eigenvalue weighted by Gasteiger charge is 2.20. The van der Waals surface area contributed by atoms with Gasteiger partial charge < -0.3 is 10.2 Å². The van der Waals surface area contributed by atoms with E-state index in [2.05, 4.69) is 12.2 Å². The van der Waals surface area contributed by atoms with Crippen LogP contribution in [0.15, 0.2) is 35.0 Å². The third-order valence-corrected chi connectivity index (χ3v) is 2.62. The van der Waals surface area contributed by atoms with Crippen molar-refractivity contribution in [1.82, 2.24) is 0 Å². The van der Waals surface area contributed by atoms with E-state index in [1.54, 1.807) is 6.26 Å². The molecule has 2 N–H and O–H groups in total. The first-order valence-electron chi connectivity index (χ1n) is 4.83. The normalized spacial score (nSPS) is 24.5. The standard InChI is InChI=1S/C11H15NO/c12-11(10-7-4-8-13-10)9-5-2-1-3-6-9/h2,4-5,7-9,11H,1,3,6,12H2/t9-,11?/m0/s1. The number of hydrogen-bond donors (Lipinski definition) is 1. The Morgan fingerprint density at radius 1 is 1.54 bits per heavy atom. The van der Waals surface area contributed by atoms with Crippen LogP contribution in [-0.2, 0) is 0 Å². The minimum absolute atomic E-state index is 0.0338. The molecule has 2 atom stereocenters. The largest absolute Gasteiger partial charge is 0.468 e. The van der Waals surface area contributed by atoms with Gasteiger partial charge in [0.15, 0.2) is 0 Å². The highest BCUT2D eigenvalue weighted by molar-refractivity contribution is 5.09. The number of nitrogens with two attached hydrogens (primary N) is 1. The molecule has 0 radical (unpaired) electrons. The van der Waals surface area contributed by atoms with Crippen LogP contribution >= 0.6 is 0 Å². The fraction of sp³-hybridized carbons (Fsp3) is 0.455. The van der Waals surface area contributed by atoms with E-state index in [1.165, 1.54) is 19.3 Å². The zero-order valence-electron chi connectivity index (χ0n) is 7.65. The predicted molar refractivity (Wildman–Crippen MR) is 52.1 cm³/mol. The van der Waals surface area contributed by atoms with Gasteiger partial charge in [-0.2, -0.15) is 0 Å². The molecule has 1 aliphatic carbocycles. The number of furan rings is 1. The summed E-state index contributed by atoms with van der Waals surface area (Å²) in [5, 5.41) is 0. The lowest BCUT2D eigenvalue weighted by molar-refractivity contribution is 0.381. The zero-order chi connectivity index (χ0) is 9.10. The Morgan fingerprint density at radius 2 is 2.46 bits per heavy atom. The van der Waals surface area contributed by atoms with Crippen molar-refractivity contribution < 1.29 is 4.42 Å². The summed E-state index contributed by atoms with van der Waals surface area (Å²) in [7, 11) is 0. The van der Waals surface area contributed by atoms with Gasteiger partial charge in [-0.25, -0.2) is 0 Å². The van der Waals surface area contributed by atoms with Gasteiger partial charge in [0.05, 0.1) is 12.3 Å². The van der Waals surface area contributed by atoms with E-state index < -0.39 is 0 Å². The van der Waals surface area contributed by atoms with E-state index in [9.17, 15) is 0 Å². The summed E-state index contributed by atoms with van der Waals surface area (Å²) in [6.07, 6.45) is 9.74. The first-order chi connectivity index (χ1) is 6.38. The van der Waals surface area contributed by atoms with E-state index in [-0.39, 0.29) is 6.04 Å². The van der Waals surface area contributed by atoms with E-state index in [4.69, 9.17) is 10.2 Å². The Balaban J connectivity index is 2.08. The van der Waals surface area contributed by atoms with Gasteiger partial charge in [-0.15, -0.1) is 0 Å². The molecule has 1 heterocycles. The molecule has 0 saturated carbocycles. The molecule has 1 aromatic rings. The Labute approximate surface area is 78.4 Å². The molecule has 0 bridgehead atoms. The van der Waals surface area contributed by atoms with Crippen molar-refractivity contribution in [3.63, 3.8) is 0 Å². The summed E-state index contributed by atoms with van der Waals surface area (Å²) in [6, 6.07) is 3.88. The minimum Gasteiger partial charge on any atom is -0.468 e. The molecule has 0 fully saturated rings. The second kappa shape index (κ2) is 3.79. The van der Waals surface area contributed by atoms with Crippen LogP contribution in [0.3, 0.4) is 0 Å². The lowest BCUT2D eigenvalue weighted by Gasteiger charge is -2.21. The molecule has 0 spiro atoms. The molecule has 2 heteroatoms. The van der Waals surface area contributed by atoms with Gasteiger partial charge in [-0.1, -0.05) is 12.2 Å². The fourth-order valence-electron chi connectivity index (χ4n) is 1.83. The van der Waals surface area contributed by atoms with Crippen LogP contribution in [0.25, 0.3) is 0 Å². The van der Waals surface area contributed by atoms with E-state index in [0.29, 0.717) is 5.92 Å². The zero-order valence-corrected chi connectivity index (χ0v) is 7.65. The molecule has 2 rings (SSSR count). The van der Waals surface area contributed by atoms with Crippen molar-refractivity contribution >= 4 is 0 Å². The molecular formula is C11H15NO. The Hall–Kier alpha value is -1.02. The van der Waals surface area contributed by atoms with Gasteiger partial charge in [0.25, 0.3) is 0 Å². The molecule has 1 aliphatic rings. The lowest BCUT2D eigenvalue weighted by Crippen LogP contribution is -2.20. The summed E-state index contributed by atoms with van der Waals surface area (Å²) >= 11 is 0. The summed E-state index contributed by atoms with van der Waals surface area (Å²) < 4.78 is 5.29. The van der Waals surface area contributed by atoms with Crippen molar-refractivity contribution in [3.8, 4) is 0 Å². The van der Waals surface area contributed by atoms with Crippen LogP contribution in [0, 0.1) is 5.92 Å². The van der Waals surface area contributed by atoms with Gasteiger partial charge in [-0.3, -0.25) is 0 Å². The minimum atomic E-state index is 0.0338. The molecule has 13 heavy (non-hydrogen) atoms. The summed E-state index contributed by atoms with van der Waals surface area (Å²) in [5.74, 6) is 1.36. The molecule has 70 valence electrons. The topological polar surface area (TPSA) is 39.2 Å². The lowest BCUT2D eigenvalue weighted by atomic mass is 9.89. The van der Waals surface area contributed by atoms with Crippen molar-refractivity contribution in [1.29, 1.82) is 0 Å². The van der Waals surface area contributed by atoms with Crippen molar-refractivity contribution in [2.24, 2.45) is 11.7 Å². The monoisotopic (exact) mass is 177 g/mol. The maximum atomic E-state index is 6.07. The second-order valence-corrected chi connectivity index (χ2v) is 3.56. The van der Waals surface area contributed by atoms with Crippen LogP contribution in [0.5, 0.6) is 0 Å². The summed E-state index contributed by atoms with van der Waals surface area (Å²) in [4.78, 5) is 0. The van der Waals surface area contributed by atoms with Crippen LogP contribution in [-0.4, -0.2) is 0 Å². The quantitative estimate of drug-likeness (QED) is 0.705. The van der Waals surface area contributed by atoms with Gasteiger partial charge >= 0.3 is 0 Å². The molecular weight excluding hydrogens is 162 g/mol. The second-order valence-electron chi connectivity index (χ2n) is 3.56. The van der Waals surface area contributed by atoms with Crippen molar-refractivity contribution in [2.75, 3.05) is 0 Å². The third-order valence-electron chi connectivity index (χ3n) is 2.62. The molecule has 1 unspecified atom stereocenters. The average Bonchev–Trinajstić information content (AvgIpc) is 2.71. The van der Waals surface area contributed by atoms with Crippen LogP contribution in [0.2, 0.25) is 0 Å². The Morgan fingerprint density at radius 3 is 3.08 bits per heavy atom. The van der Waals surface area contributed by atoms with Crippen LogP contribution < -0.4 is 5.73 Å². The maximum absolute atomic E-state index is 6.07. The number of hydrogen-bond acceptors (Lipinski definition) is 2. The Kier molecular flexibility index (Phi) is 2.50. The van der Waals surface area contributed by atoms with Gasteiger partial charge in [0.1, 0.15) is 5.76 Å².